The molecule has 2 aromatic rings. The maximum absolute atomic E-state index is 13.0. The standard InChI is InChI=1S/C36H50N8O3S/c1-4-15-40-16-5-17-41(20-19-40)33-25-34(42-21-23-47-24-22-42)48-44(27-33)31-12-10-30(11-13-31)38-36(46)37-29-8-6-28(7-9-29)35(45)43-18-14-32(26-43)39(2)3/h6-13,25,27,32H,4-5,14-24,26H2,1-3H3,(H2,37,38,46). The number of ether oxygens (including phenoxy) is 1. The first-order valence-corrected chi connectivity index (χ1v) is 18.1. The second-order valence-electron chi connectivity index (χ2n) is 13.1. The van der Waals surface area contributed by atoms with E-state index >= 15 is 0 Å². The van der Waals surface area contributed by atoms with Crippen LogP contribution in [0.4, 0.5) is 21.9 Å². The van der Waals surface area contributed by atoms with E-state index in [9.17, 15) is 9.59 Å². The Hall–Kier alpha value is -3.71. The molecule has 0 aliphatic carbocycles. The van der Waals surface area contributed by atoms with E-state index < -0.39 is 0 Å². The Labute approximate surface area is 289 Å². The molecule has 0 radical (unpaired) electrons. The predicted octanol–water partition coefficient (Wildman–Crippen LogP) is 5.01. The largest absolute Gasteiger partial charge is 0.378 e. The summed E-state index contributed by atoms with van der Waals surface area (Å²) in [5.74, 6) is 0.0295. The zero-order chi connectivity index (χ0) is 33.5. The number of carbonyl (C=O) groups is 2. The van der Waals surface area contributed by atoms with Gasteiger partial charge in [0.2, 0.25) is 0 Å². The predicted molar refractivity (Wildman–Crippen MR) is 195 cm³/mol. The van der Waals surface area contributed by atoms with Gasteiger partial charge < -0.3 is 39.9 Å². The van der Waals surface area contributed by atoms with E-state index in [0.717, 1.165) is 90.6 Å². The number of likely N-dealkylation sites (N-methyl/N-ethyl adjacent to an activating group) is 1. The summed E-state index contributed by atoms with van der Waals surface area (Å²) in [6.45, 7) is 12.5. The van der Waals surface area contributed by atoms with Crippen molar-refractivity contribution in [3.05, 3.63) is 77.1 Å². The molecule has 0 bridgehead atoms. The summed E-state index contributed by atoms with van der Waals surface area (Å²) in [6.07, 6.45) is 7.92. The summed E-state index contributed by atoms with van der Waals surface area (Å²) in [5, 5.41) is 7.07. The van der Waals surface area contributed by atoms with Gasteiger partial charge in [0.15, 0.2) is 0 Å². The van der Waals surface area contributed by atoms with Crippen molar-refractivity contribution in [2.75, 3.05) is 101 Å². The molecule has 11 nitrogen and oxygen atoms in total. The molecular weight excluding hydrogens is 625 g/mol. The number of amides is 3. The molecule has 48 heavy (non-hydrogen) atoms. The number of carbonyl (C=O) groups excluding carboxylic acids is 2. The Bertz CT molecular complexity index is 1460. The molecule has 1 atom stereocenters. The fourth-order valence-corrected chi connectivity index (χ4v) is 7.71. The molecular formula is C36H50N8O3S. The molecule has 4 aliphatic heterocycles. The van der Waals surface area contributed by atoms with Gasteiger partial charge in [0, 0.05) is 86.9 Å². The Balaban J connectivity index is 1.07. The summed E-state index contributed by atoms with van der Waals surface area (Å²) in [4.78, 5) is 37.4. The average molecular weight is 675 g/mol. The van der Waals surface area contributed by atoms with Gasteiger partial charge in [-0.15, -0.1) is 0 Å². The van der Waals surface area contributed by atoms with Crippen molar-refractivity contribution < 1.29 is 14.3 Å². The minimum absolute atomic E-state index is 0.0295. The van der Waals surface area contributed by atoms with Gasteiger partial charge in [-0.3, -0.25) is 9.10 Å². The van der Waals surface area contributed by atoms with Gasteiger partial charge in [-0.1, -0.05) is 6.92 Å². The number of urea groups is 1. The lowest BCUT2D eigenvalue weighted by Gasteiger charge is -2.37. The smallest absolute Gasteiger partial charge is 0.323 e. The van der Waals surface area contributed by atoms with Gasteiger partial charge in [-0.25, -0.2) is 4.79 Å². The number of anilines is 3. The monoisotopic (exact) mass is 674 g/mol. The van der Waals surface area contributed by atoms with E-state index in [4.69, 9.17) is 4.74 Å². The van der Waals surface area contributed by atoms with Gasteiger partial charge in [-0.2, -0.15) is 0 Å². The lowest BCUT2D eigenvalue weighted by molar-refractivity contribution is 0.0575. The van der Waals surface area contributed by atoms with Crippen molar-refractivity contribution in [1.82, 2.24) is 24.5 Å². The molecule has 3 saturated heterocycles. The summed E-state index contributed by atoms with van der Waals surface area (Å²) in [5.41, 5.74) is 4.24. The number of hydrogen-bond donors (Lipinski definition) is 2. The van der Waals surface area contributed by atoms with Crippen LogP contribution >= 0.6 is 11.9 Å². The van der Waals surface area contributed by atoms with Crippen molar-refractivity contribution in [2.24, 2.45) is 0 Å². The zero-order valence-corrected chi connectivity index (χ0v) is 29.4. The lowest BCUT2D eigenvalue weighted by atomic mass is 10.2. The Kier molecular flexibility index (Phi) is 11.5. The van der Waals surface area contributed by atoms with Crippen molar-refractivity contribution >= 4 is 40.9 Å². The number of likely N-dealkylation sites (tertiary alicyclic amines) is 1. The van der Waals surface area contributed by atoms with E-state index in [1.807, 2.05) is 29.2 Å². The number of hydrogen-bond acceptors (Lipinski definition) is 9. The Morgan fingerprint density at radius 3 is 2.25 bits per heavy atom. The summed E-state index contributed by atoms with van der Waals surface area (Å²) < 4.78 is 7.88. The van der Waals surface area contributed by atoms with Crippen LogP contribution in [-0.2, 0) is 4.74 Å². The summed E-state index contributed by atoms with van der Waals surface area (Å²) >= 11 is 1.73. The van der Waals surface area contributed by atoms with E-state index in [2.05, 4.69) is 67.8 Å². The normalized spacial score (nSPS) is 20.8. The number of nitrogens with zero attached hydrogens (tertiary/aromatic N) is 6. The zero-order valence-electron chi connectivity index (χ0n) is 28.6. The molecule has 2 N–H and O–H groups in total. The summed E-state index contributed by atoms with van der Waals surface area (Å²) in [7, 11) is 4.10. The molecule has 0 aromatic heterocycles. The summed E-state index contributed by atoms with van der Waals surface area (Å²) in [6, 6.07) is 15.1. The lowest BCUT2D eigenvalue weighted by Crippen LogP contribution is -2.37. The van der Waals surface area contributed by atoms with Crippen LogP contribution in [0.2, 0.25) is 0 Å². The quantitative estimate of drug-likeness (QED) is 0.357. The SMILES string of the molecule is CCCN1CCCN(C2=CN(c3ccc(NC(=O)Nc4ccc(C(=O)N5CCC(N(C)C)C5)cc4)cc3)SC(N3CCOCC3)=C2)CC1. The van der Waals surface area contributed by atoms with Crippen LogP contribution in [-0.4, -0.2) is 129 Å². The first kappa shape index (κ1) is 34.2. The van der Waals surface area contributed by atoms with Crippen LogP contribution in [0, 0.1) is 0 Å². The van der Waals surface area contributed by atoms with Gasteiger partial charge >= 0.3 is 6.03 Å². The second kappa shape index (κ2) is 16.1. The van der Waals surface area contributed by atoms with Crippen molar-refractivity contribution in [1.29, 1.82) is 0 Å². The average Bonchev–Trinajstić information content (AvgIpc) is 3.50. The molecule has 12 heteroatoms. The van der Waals surface area contributed by atoms with Crippen LogP contribution < -0.4 is 14.9 Å². The Morgan fingerprint density at radius 1 is 0.875 bits per heavy atom. The Morgan fingerprint density at radius 2 is 1.58 bits per heavy atom. The molecule has 0 saturated carbocycles. The highest BCUT2D eigenvalue weighted by molar-refractivity contribution is 8.04. The molecule has 6 rings (SSSR count). The maximum Gasteiger partial charge on any atom is 0.323 e. The van der Waals surface area contributed by atoms with Crippen LogP contribution in [0.1, 0.15) is 36.5 Å². The first-order valence-electron chi connectivity index (χ1n) is 17.3. The highest BCUT2D eigenvalue weighted by Crippen LogP contribution is 2.37. The molecule has 4 heterocycles. The molecule has 3 amide bonds. The van der Waals surface area contributed by atoms with Gasteiger partial charge in [0.25, 0.3) is 5.91 Å². The fourth-order valence-electron chi connectivity index (χ4n) is 6.65. The third kappa shape index (κ3) is 8.65. The molecule has 1 unspecified atom stereocenters. The first-order chi connectivity index (χ1) is 23.4. The topological polar surface area (TPSA) is 86.9 Å². The van der Waals surface area contributed by atoms with Crippen molar-refractivity contribution in [2.45, 2.75) is 32.2 Å². The number of allylic oxidation sites excluding steroid dienone is 1. The number of benzene rings is 2. The van der Waals surface area contributed by atoms with Crippen molar-refractivity contribution in [3.8, 4) is 0 Å². The van der Waals surface area contributed by atoms with E-state index in [0.29, 0.717) is 23.0 Å². The van der Waals surface area contributed by atoms with E-state index in [1.54, 1.807) is 36.2 Å². The van der Waals surface area contributed by atoms with Crippen LogP contribution in [0.3, 0.4) is 0 Å². The van der Waals surface area contributed by atoms with Gasteiger partial charge in [0.1, 0.15) is 0 Å². The minimum atomic E-state index is -0.333. The van der Waals surface area contributed by atoms with E-state index in [1.165, 1.54) is 17.1 Å². The van der Waals surface area contributed by atoms with E-state index in [-0.39, 0.29) is 11.9 Å². The maximum atomic E-state index is 13.0. The number of morpholine rings is 1. The van der Waals surface area contributed by atoms with Crippen molar-refractivity contribution in [3.63, 3.8) is 0 Å². The minimum Gasteiger partial charge on any atom is -0.378 e. The molecule has 258 valence electrons. The highest BCUT2D eigenvalue weighted by Gasteiger charge is 2.28. The van der Waals surface area contributed by atoms with Gasteiger partial charge in [0.05, 0.1) is 29.6 Å². The third-order valence-electron chi connectivity index (χ3n) is 9.48. The highest BCUT2D eigenvalue weighted by atomic mass is 32.2. The molecule has 3 fully saturated rings. The molecule has 0 spiro atoms. The number of nitrogens with one attached hydrogen (secondary N) is 2. The fraction of sp³-hybridized carbons (Fsp3) is 0.500. The molecule has 4 aliphatic rings. The number of rotatable bonds is 9. The third-order valence-corrected chi connectivity index (χ3v) is 10.6. The van der Waals surface area contributed by atoms with Gasteiger partial charge in [-0.05, 0) is 101 Å². The molecule has 2 aromatic carbocycles. The van der Waals surface area contributed by atoms with Crippen LogP contribution in [0.5, 0.6) is 0 Å². The van der Waals surface area contributed by atoms with Crippen LogP contribution in [0.15, 0.2) is 71.5 Å². The second-order valence-corrected chi connectivity index (χ2v) is 14.1. The van der Waals surface area contributed by atoms with Crippen LogP contribution in [0.25, 0.3) is 0 Å².